The molecule has 1 unspecified atom stereocenters. The molecule has 5 heteroatoms. The van der Waals surface area contributed by atoms with Gasteiger partial charge in [-0.1, -0.05) is 0 Å². The Labute approximate surface area is 86.5 Å². The van der Waals surface area contributed by atoms with E-state index < -0.39 is 0 Å². The van der Waals surface area contributed by atoms with Crippen LogP contribution in [0.25, 0.3) is 6.08 Å². The van der Waals surface area contributed by atoms with Crippen molar-refractivity contribution >= 4 is 18.2 Å². The van der Waals surface area contributed by atoms with Crippen LogP contribution in [0.4, 0.5) is 0 Å². The number of Topliss-reactive ketones (excluding diaryl/α,β-unsaturated/α-hetero) is 1. The van der Waals surface area contributed by atoms with E-state index in [1.807, 2.05) is 18.0 Å². The number of carbonyl (C=O) groups excluding carboxylic acids is 1. The lowest BCUT2D eigenvalue weighted by Gasteiger charge is -2.27. The lowest BCUT2D eigenvalue weighted by atomic mass is 9.92. The summed E-state index contributed by atoms with van der Waals surface area (Å²) in [7, 11) is 1.94. The number of nitrogens with one attached hydrogen (secondary N) is 1. The minimum Gasteiger partial charge on any atom is -0.362 e. The fourth-order valence-electron chi connectivity index (χ4n) is 1.98. The Kier molecular flexibility index (Phi) is 1.56. The van der Waals surface area contributed by atoms with Gasteiger partial charge < -0.3 is 9.88 Å². The molecule has 0 aromatic carbocycles. The Morgan fingerprint density at radius 2 is 2.47 bits per heavy atom. The van der Waals surface area contributed by atoms with Crippen LogP contribution in [0.1, 0.15) is 16.2 Å². The van der Waals surface area contributed by atoms with Gasteiger partial charge in [0.05, 0.1) is 18.4 Å². The van der Waals surface area contributed by atoms with Crippen LogP contribution in [0.2, 0.25) is 0 Å². The van der Waals surface area contributed by atoms with E-state index in [0.29, 0.717) is 5.69 Å². The molecule has 1 aliphatic heterocycles. The van der Waals surface area contributed by atoms with Gasteiger partial charge in [-0.2, -0.15) is 0 Å². The number of fused-ring (bicyclic) bond motifs is 2. The number of aromatic nitrogens is 2. The van der Waals surface area contributed by atoms with Crippen molar-refractivity contribution in [1.82, 2.24) is 14.9 Å². The number of nitrogens with zero attached hydrogens (tertiary/aromatic N) is 3. The summed E-state index contributed by atoms with van der Waals surface area (Å²) >= 11 is 0. The first-order valence-electron chi connectivity index (χ1n) is 4.77. The molecular weight excluding hydrogens is 192 g/mol. The van der Waals surface area contributed by atoms with Crippen molar-refractivity contribution in [2.24, 2.45) is 4.99 Å². The second kappa shape index (κ2) is 2.79. The van der Waals surface area contributed by atoms with Crippen LogP contribution in [0, 0.1) is 0 Å². The number of hydrogen-bond acceptors (Lipinski definition) is 4. The number of ketones is 1. The van der Waals surface area contributed by atoms with Gasteiger partial charge in [-0.05, 0) is 11.6 Å². The first-order chi connectivity index (χ1) is 7.25. The molecule has 0 spiro atoms. The molecule has 0 fully saturated rings. The van der Waals surface area contributed by atoms with Gasteiger partial charge in [0.2, 0.25) is 5.78 Å². The second-order valence-corrected chi connectivity index (χ2v) is 3.83. The molecule has 2 aliphatic rings. The average molecular weight is 202 g/mol. The van der Waals surface area contributed by atoms with E-state index in [1.165, 1.54) is 0 Å². The zero-order chi connectivity index (χ0) is 10.4. The number of carbonyl (C=O) groups is 1. The number of aromatic amines is 1. The van der Waals surface area contributed by atoms with Crippen LogP contribution >= 0.6 is 0 Å². The smallest absolute Gasteiger partial charge is 0.212 e. The van der Waals surface area contributed by atoms with Crippen molar-refractivity contribution in [2.75, 3.05) is 13.6 Å². The Morgan fingerprint density at radius 3 is 3.33 bits per heavy atom. The monoisotopic (exact) mass is 202 g/mol. The van der Waals surface area contributed by atoms with Crippen molar-refractivity contribution in [3.05, 3.63) is 23.3 Å². The van der Waals surface area contributed by atoms with Crippen LogP contribution in [0.3, 0.4) is 0 Å². The van der Waals surface area contributed by atoms with Gasteiger partial charge in [-0.3, -0.25) is 9.79 Å². The van der Waals surface area contributed by atoms with Crippen molar-refractivity contribution < 1.29 is 4.79 Å². The van der Waals surface area contributed by atoms with E-state index in [1.54, 1.807) is 12.7 Å². The van der Waals surface area contributed by atoms with Gasteiger partial charge in [-0.25, -0.2) is 4.98 Å². The molecule has 1 aromatic heterocycles. The molecule has 1 N–H and O–H groups in total. The average Bonchev–Trinajstić information content (AvgIpc) is 2.65. The second-order valence-electron chi connectivity index (χ2n) is 3.83. The number of hydrogen-bond donors (Lipinski definition) is 1. The minimum atomic E-state index is -0.350. The molecule has 0 amide bonds. The Balaban J connectivity index is 2.14. The minimum absolute atomic E-state index is 0.00639. The van der Waals surface area contributed by atoms with E-state index in [0.717, 1.165) is 17.8 Å². The number of aliphatic imine (C=N–C) groups is 1. The van der Waals surface area contributed by atoms with Crippen molar-refractivity contribution in [3.8, 4) is 0 Å². The van der Waals surface area contributed by atoms with Crippen LogP contribution in [-0.4, -0.2) is 46.6 Å². The zero-order valence-corrected chi connectivity index (χ0v) is 8.27. The molecule has 0 saturated heterocycles. The van der Waals surface area contributed by atoms with Crippen LogP contribution in [0.15, 0.2) is 16.9 Å². The van der Waals surface area contributed by atoms with E-state index >= 15 is 0 Å². The summed E-state index contributed by atoms with van der Waals surface area (Å²) in [5.41, 5.74) is 2.34. The van der Waals surface area contributed by atoms with E-state index in [9.17, 15) is 4.79 Å². The highest BCUT2D eigenvalue weighted by atomic mass is 16.1. The fourth-order valence-corrected chi connectivity index (χ4v) is 1.98. The molecule has 15 heavy (non-hydrogen) atoms. The highest BCUT2D eigenvalue weighted by molar-refractivity contribution is 6.07. The van der Waals surface area contributed by atoms with Crippen molar-refractivity contribution in [1.29, 1.82) is 0 Å². The molecule has 2 heterocycles. The molecule has 0 saturated carbocycles. The van der Waals surface area contributed by atoms with Crippen molar-refractivity contribution in [3.63, 3.8) is 0 Å². The molecule has 1 aromatic rings. The summed E-state index contributed by atoms with van der Waals surface area (Å²) in [5.74, 6) is -0.00639. The summed E-state index contributed by atoms with van der Waals surface area (Å²) in [4.78, 5) is 25.1. The summed E-state index contributed by atoms with van der Waals surface area (Å²) in [5, 5.41) is 0. The predicted molar refractivity (Wildman–Crippen MR) is 55.8 cm³/mol. The molecule has 3 rings (SSSR count). The normalized spacial score (nSPS) is 23.5. The molecular formula is C10H10N4O. The summed E-state index contributed by atoms with van der Waals surface area (Å²) in [6, 6.07) is -0.350. The Bertz CT molecular complexity index is 485. The third-order valence-corrected chi connectivity index (χ3v) is 2.68. The van der Waals surface area contributed by atoms with E-state index in [2.05, 4.69) is 15.0 Å². The van der Waals surface area contributed by atoms with Crippen LogP contribution in [-0.2, 0) is 0 Å². The quantitative estimate of drug-likeness (QED) is 0.659. The first-order valence-corrected chi connectivity index (χ1v) is 4.77. The topological polar surface area (TPSA) is 61.4 Å². The molecule has 0 radical (unpaired) electrons. The molecule has 1 aliphatic carbocycles. The lowest BCUT2D eigenvalue weighted by Crippen LogP contribution is -2.36. The number of likely N-dealkylation sites (N-methyl/N-ethyl adjacent to an activating group) is 1. The lowest BCUT2D eigenvalue weighted by molar-refractivity contribution is 0.0965. The third-order valence-electron chi connectivity index (χ3n) is 2.68. The third kappa shape index (κ3) is 1.12. The fraction of sp³-hybridized carbons (Fsp3) is 0.300. The molecule has 5 nitrogen and oxygen atoms in total. The van der Waals surface area contributed by atoms with Gasteiger partial charge in [-0.15, -0.1) is 0 Å². The van der Waals surface area contributed by atoms with Gasteiger partial charge in [0.25, 0.3) is 0 Å². The maximum Gasteiger partial charge on any atom is 0.212 e. The SMILES string of the molecule is CN1C=NC2C(=O)c3nc[nH]c3C=C2C1. The Morgan fingerprint density at radius 1 is 1.60 bits per heavy atom. The number of H-pyrrole nitrogens is 1. The molecule has 1 atom stereocenters. The number of imidazole rings is 1. The van der Waals surface area contributed by atoms with Gasteiger partial charge >= 0.3 is 0 Å². The molecule has 0 bridgehead atoms. The zero-order valence-electron chi connectivity index (χ0n) is 8.27. The summed E-state index contributed by atoms with van der Waals surface area (Å²) in [6.07, 6.45) is 5.23. The van der Waals surface area contributed by atoms with Gasteiger partial charge in [0, 0.05) is 13.6 Å². The van der Waals surface area contributed by atoms with E-state index in [-0.39, 0.29) is 11.8 Å². The standard InChI is InChI=1S/C10H10N4O/c1-14-3-6-2-7-9(12-4-11-7)10(15)8(6)13-5-14/h2,4-5,8H,3H2,1H3,(H,11,12). The van der Waals surface area contributed by atoms with Crippen LogP contribution in [0.5, 0.6) is 0 Å². The number of rotatable bonds is 0. The largest absolute Gasteiger partial charge is 0.362 e. The van der Waals surface area contributed by atoms with E-state index in [4.69, 9.17) is 0 Å². The first kappa shape index (κ1) is 8.40. The highest BCUT2D eigenvalue weighted by Gasteiger charge is 2.33. The predicted octanol–water partition coefficient (Wildman–Crippen LogP) is 0.332. The maximum absolute atomic E-state index is 12.0. The molecule has 76 valence electrons. The maximum atomic E-state index is 12.0. The highest BCUT2D eigenvalue weighted by Crippen LogP contribution is 2.25. The Hall–Kier alpha value is -1.91. The van der Waals surface area contributed by atoms with Crippen LogP contribution < -0.4 is 0 Å². The summed E-state index contributed by atoms with van der Waals surface area (Å²) < 4.78 is 0. The summed E-state index contributed by atoms with van der Waals surface area (Å²) in [6.45, 7) is 0.748. The van der Waals surface area contributed by atoms with Gasteiger partial charge in [0.1, 0.15) is 11.7 Å². The van der Waals surface area contributed by atoms with Gasteiger partial charge in [0.15, 0.2) is 0 Å². The van der Waals surface area contributed by atoms with Crippen molar-refractivity contribution in [2.45, 2.75) is 6.04 Å².